The lowest BCUT2D eigenvalue weighted by Gasteiger charge is -2.30. The SMILES string of the molecule is CCOCCCOC(=O)c1ccc(CC(=O)[C@H]2NCC[C@H]2C2CCCCC2)cc1F.Cl. The van der Waals surface area contributed by atoms with Gasteiger partial charge in [-0.15, -0.1) is 12.4 Å². The summed E-state index contributed by atoms with van der Waals surface area (Å²) in [5.41, 5.74) is 0.503. The highest BCUT2D eigenvalue weighted by Gasteiger charge is 2.37. The Morgan fingerprint density at radius 1 is 1.13 bits per heavy atom. The fourth-order valence-corrected chi connectivity index (χ4v) is 4.84. The van der Waals surface area contributed by atoms with Gasteiger partial charge in [-0.05, 0) is 49.4 Å². The summed E-state index contributed by atoms with van der Waals surface area (Å²) in [7, 11) is 0. The molecule has 1 aliphatic carbocycles. The summed E-state index contributed by atoms with van der Waals surface area (Å²) in [5, 5.41) is 3.38. The van der Waals surface area contributed by atoms with Gasteiger partial charge in [-0.25, -0.2) is 9.18 Å². The Labute approximate surface area is 190 Å². The highest BCUT2D eigenvalue weighted by molar-refractivity contribution is 5.90. The number of carbonyl (C=O) groups excluding carboxylic acids is 2. The maximum atomic E-state index is 14.5. The molecule has 1 N–H and O–H groups in total. The molecule has 31 heavy (non-hydrogen) atoms. The van der Waals surface area contributed by atoms with Crippen LogP contribution in [0.1, 0.15) is 67.8 Å². The molecule has 1 heterocycles. The number of Topliss-reactive ketones (excluding diaryl/α,β-unsaturated/α-hetero) is 1. The van der Waals surface area contributed by atoms with Crippen LogP contribution < -0.4 is 5.32 Å². The normalized spacial score (nSPS) is 21.5. The van der Waals surface area contributed by atoms with Crippen molar-refractivity contribution in [2.24, 2.45) is 11.8 Å². The lowest BCUT2D eigenvalue weighted by Crippen LogP contribution is -2.40. The van der Waals surface area contributed by atoms with Gasteiger partial charge in [0.1, 0.15) is 5.82 Å². The molecule has 0 bridgehead atoms. The van der Waals surface area contributed by atoms with E-state index in [2.05, 4.69) is 5.32 Å². The van der Waals surface area contributed by atoms with Crippen molar-refractivity contribution in [2.75, 3.05) is 26.4 Å². The number of esters is 1. The highest BCUT2D eigenvalue weighted by Crippen LogP contribution is 2.36. The van der Waals surface area contributed by atoms with E-state index in [1.807, 2.05) is 6.92 Å². The lowest BCUT2D eigenvalue weighted by atomic mass is 9.75. The summed E-state index contributed by atoms with van der Waals surface area (Å²) in [5.74, 6) is -0.184. The number of carbonyl (C=O) groups is 2. The molecule has 3 rings (SSSR count). The van der Waals surface area contributed by atoms with Crippen LogP contribution in [-0.2, 0) is 20.7 Å². The van der Waals surface area contributed by atoms with E-state index >= 15 is 0 Å². The van der Waals surface area contributed by atoms with Crippen LogP contribution in [0.3, 0.4) is 0 Å². The molecular formula is C24H35ClFNO4. The van der Waals surface area contributed by atoms with Gasteiger partial charge in [-0.2, -0.15) is 0 Å². The predicted molar refractivity (Wildman–Crippen MR) is 120 cm³/mol. The number of nitrogens with one attached hydrogen (secondary N) is 1. The summed E-state index contributed by atoms with van der Waals surface area (Å²) in [4.78, 5) is 25.0. The third-order valence-electron chi connectivity index (χ3n) is 6.37. The first-order chi connectivity index (χ1) is 14.6. The molecule has 174 valence electrons. The molecule has 0 unspecified atom stereocenters. The van der Waals surface area contributed by atoms with E-state index in [0.29, 0.717) is 37.0 Å². The van der Waals surface area contributed by atoms with Crippen LogP contribution in [0.15, 0.2) is 18.2 Å². The second-order valence-corrected chi connectivity index (χ2v) is 8.43. The van der Waals surface area contributed by atoms with Crippen LogP contribution in [0, 0.1) is 17.7 Å². The first-order valence-corrected chi connectivity index (χ1v) is 11.4. The van der Waals surface area contributed by atoms with Crippen molar-refractivity contribution in [3.8, 4) is 0 Å². The number of benzene rings is 1. The number of ether oxygens (including phenoxy) is 2. The Morgan fingerprint density at radius 2 is 1.90 bits per heavy atom. The summed E-state index contributed by atoms with van der Waals surface area (Å²) in [6.07, 6.45) is 8.05. The van der Waals surface area contributed by atoms with Gasteiger partial charge < -0.3 is 14.8 Å². The summed E-state index contributed by atoms with van der Waals surface area (Å²) in [6.45, 7) is 4.08. The fraction of sp³-hybridized carbons (Fsp3) is 0.667. The van der Waals surface area contributed by atoms with Gasteiger partial charge in [0.05, 0.1) is 18.2 Å². The second kappa shape index (κ2) is 13.1. The smallest absolute Gasteiger partial charge is 0.341 e. The topological polar surface area (TPSA) is 64.6 Å². The van der Waals surface area contributed by atoms with Crippen molar-refractivity contribution in [2.45, 2.75) is 64.3 Å². The van der Waals surface area contributed by atoms with Gasteiger partial charge in [0.25, 0.3) is 0 Å². The molecular weight excluding hydrogens is 421 g/mol. The van der Waals surface area contributed by atoms with Gasteiger partial charge >= 0.3 is 5.97 Å². The first kappa shape index (κ1) is 25.8. The standard InChI is InChI=1S/C24H34FNO4.ClH/c1-2-29-13-6-14-30-24(28)20-10-9-17(15-21(20)25)16-22(27)23-19(11-12-26-23)18-7-4-3-5-8-18;/h9-10,15,18-19,23,26H,2-8,11-14,16H2,1H3;1H/t19-,23-;/m0./s1. The Hall–Kier alpha value is -1.50. The van der Waals surface area contributed by atoms with Crippen molar-refractivity contribution < 1.29 is 23.5 Å². The number of hydrogen-bond donors (Lipinski definition) is 1. The van der Waals surface area contributed by atoms with Crippen LogP contribution >= 0.6 is 12.4 Å². The van der Waals surface area contributed by atoms with Crippen molar-refractivity contribution in [1.29, 1.82) is 0 Å². The maximum Gasteiger partial charge on any atom is 0.341 e. The highest BCUT2D eigenvalue weighted by atomic mass is 35.5. The Morgan fingerprint density at radius 3 is 2.61 bits per heavy atom. The molecule has 1 aliphatic heterocycles. The molecule has 7 heteroatoms. The molecule has 0 aromatic heterocycles. The maximum absolute atomic E-state index is 14.5. The molecule has 0 spiro atoms. The molecule has 2 fully saturated rings. The van der Waals surface area contributed by atoms with E-state index in [9.17, 15) is 14.0 Å². The Balaban J connectivity index is 0.00000341. The molecule has 2 aliphatic rings. The summed E-state index contributed by atoms with van der Waals surface area (Å²) >= 11 is 0. The van der Waals surface area contributed by atoms with E-state index < -0.39 is 11.8 Å². The zero-order chi connectivity index (χ0) is 21.3. The van der Waals surface area contributed by atoms with E-state index in [1.54, 1.807) is 6.07 Å². The first-order valence-electron chi connectivity index (χ1n) is 11.4. The van der Waals surface area contributed by atoms with Crippen molar-refractivity contribution >= 4 is 24.2 Å². The van der Waals surface area contributed by atoms with Crippen molar-refractivity contribution in [1.82, 2.24) is 5.32 Å². The van der Waals surface area contributed by atoms with E-state index in [-0.39, 0.29) is 42.8 Å². The zero-order valence-electron chi connectivity index (χ0n) is 18.4. The van der Waals surface area contributed by atoms with E-state index in [0.717, 1.165) is 13.0 Å². The Kier molecular flexibility index (Phi) is 10.9. The fourth-order valence-electron chi connectivity index (χ4n) is 4.84. The second-order valence-electron chi connectivity index (χ2n) is 8.43. The van der Waals surface area contributed by atoms with E-state index in [1.165, 1.54) is 44.2 Å². The minimum absolute atomic E-state index is 0. The third-order valence-corrected chi connectivity index (χ3v) is 6.37. The van der Waals surface area contributed by atoms with Crippen LogP contribution in [0.25, 0.3) is 0 Å². The average molecular weight is 456 g/mol. The molecule has 1 saturated heterocycles. The van der Waals surface area contributed by atoms with Gasteiger partial charge in [-0.3, -0.25) is 4.79 Å². The minimum atomic E-state index is -0.684. The van der Waals surface area contributed by atoms with Gasteiger partial charge in [0.2, 0.25) is 0 Å². The Bertz CT molecular complexity index is 724. The average Bonchev–Trinajstić information content (AvgIpc) is 3.24. The number of halogens is 2. The van der Waals surface area contributed by atoms with Crippen molar-refractivity contribution in [3.63, 3.8) is 0 Å². The number of hydrogen-bond acceptors (Lipinski definition) is 5. The summed E-state index contributed by atoms with van der Waals surface area (Å²) < 4.78 is 24.8. The minimum Gasteiger partial charge on any atom is -0.462 e. The third kappa shape index (κ3) is 7.26. The van der Waals surface area contributed by atoms with E-state index in [4.69, 9.17) is 9.47 Å². The molecule has 5 nitrogen and oxygen atoms in total. The molecule has 0 radical (unpaired) electrons. The van der Waals surface area contributed by atoms with Crippen LogP contribution in [0.2, 0.25) is 0 Å². The van der Waals surface area contributed by atoms with Crippen molar-refractivity contribution in [3.05, 3.63) is 35.1 Å². The van der Waals surface area contributed by atoms with Gasteiger partial charge in [0.15, 0.2) is 5.78 Å². The van der Waals surface area contributed by atoms with Gasteiger partial charge in [-0.1, -0.05) is 38.2 Å². The predicted octanol–water partition coefficient (Wildman–Crippen LogP) is 4.50. The molecule has 1 saturated carbocycles. The monoisotopic (exact) mass is 455 g/mol. The van der Waals surface area contributed by atoms with Crippen LogP contribution in [0.4, 0.5) is 4.39 Å². The lowest BCUT2D eigenvalue weighted by molar-refractivity contribution is -0.121. The number of rotatable bonds is 10. The molecule has 1 aromatic rings. The van der Waals surface area contributed by atoms with Crippen LogP contribution in [0.5, 0.6) is 0 Å². The quantitative estimate of drug-likeness (QED) is 0.415. The number of ketones is 1. The molecule has 1 aromatic carbocycles. The summed E-state index contributed by atoms with van der Waals surface area (Å²) in [6, 6.07) is 4.23. The van der Waals surface area contributed by atoms with Gasteiger partial charge in [0, 0.05) is 26.1 Å². The molecule has 2 atom stereocenters. The zero-order valence-corrected chi connectivity index (χ0v) is 19.2. The van der Waals surface area contributed by atoms with Crippen LogP contribution in [-0.4, -0.2) is 44.2 Å². The molecule has 0 amide bonds. The largest absolute Gasteiger partial charge is 0.462 e.